The predicted molar refractivity (Wildman–Crippen MR) is 97.4 cm³/mol. The van der Waals surface area contributed by atoms with Crippen LogP contribution in [-0.2, 0) is 10.2 Å². The van der Waals surface area contributed by atoms with Crippen LogP contribution in [0, 0.1) is 11.3 Å². The van der Waals surface area contributed by atoms with Gasteiger partial charge in [-0.3, -0.25) is 20.4 Å². The van der Waals surface area contributed by atoms with Crippen LogP contribution in [-0.4, -0.2) is 18.4 Å². The standard InChI is InChI=1S/C20H21N3O3/c1-20(2,3)16-8-6-15(7-9-16)19(25)23-22-18(24)13-26-17-10-4-14(12-21)5-11-17/h4-11H,13H2,1-3H3,(H,22,24)(H,23,25). The fraction of sp³-hybridized carbons (Fsp3) is 0.250. The lowest BCUT2D eigenvalue weighted by atomic mass is 9.87. The quantitative estimate of drug-likeness (QED) is 0.829. The van der Waals surface area contributed by atoms with Crippen LogP contribution in [0.3, 0.4) is 0 Å². The molecular formula is C20H21N3O3. The van der Waals surface area contributed by atoms with E-state index in [4.69, 9.17) is 10.00 Å². The molecule has 0 aliphatic rings. The fourth-order valence-corrected chi connectivity index (χ4v) is 2.13. The van der Waals surface area contributed by atoms with Gasteiger partial charge in [0.25, 0.3) is 11.8 Å². The number of ether oxygens (including phenoxy) is 1. The molecule has 2 aromatic rings. The van der Waals surface area contributed by atoms with E-state index in [9.17, 15) is 9.59 Å². The lowest BCUT2D eigenvalue weighted by molar-refractivity contribution is -0.123. The van der Waals surface area contributed by atoms with Gasteiger partial charge in [-0.15, -0.1) is 0 Å². The van der Waals surface area contributed by atoms with Crippen molar-refractivity contribution >= 4 is 11.8 Å². The number of nitrogens with zero attached hydrogens (tertiary/aromatic N) is 1. The molecule has 134 valence electrons. The summed E-state index contributed by atoms with van der Waals surface area (Å²) < 4.78 is 5.29. The molecule has 2 rings (SSSR count). The summed E-state index contributed by atoms with van der Waals surface area (Å²) in [5.41, 5.74) is 6.73. The van der Waals surface area contributed by atoms with Crippen molar-refractivity contribution in [2.75, 3.05) is 6.61 Å². The van der Waals surface area contributed by atoms with Crippen molar-refractivity contribution in [3.8, 4) is 11.8 Å². The molecule has 2 amide bonds. The summed E-state index contributed by atoms with van der Waals surface area (Å²) in [5.74, 6) is -0.436. The molecule has 2 aromatic carbocycles. The van der Waals surface area contributed by atoms with Gasteiger partial charge in [-0.05, 0) is 47.4 Å². The number of carbonyl (C=O) groups excluding carboxylic acids is 2. The van der Waals surface area contributed by atoms with Gasteiger partial charge in [0.05, 0.1) is 11.6 Å². The van der Waals surface area contributed by atoms with Gasteiger partial charge in [0, 0.05) is 5.56 Å². The van der Waals surface area contributed by atoms with Crippen molar-refractivity contribution in [3.05, 3.63) is 65.2 Å². The summed E-state index contributed by atoms with van der Waals surface area (Å²) in [6, 6.07) is 15.6. The van der Waals surface area contributed by atoms with Crippen molar-refractivity contribution in [2.24, 2.45) is 0 Å². The van der Waals surface area contributed by atoms with Crippen molar-refractivity contribution in [1.82, 2.24) is 10.9 Å². The Labute approximate surface area is 152 Å². The Kier molecular flexibility index (Phi) is 5.97. The van der Waals surface area contributed by atoms with Gasteiger partial charge in [-0.1, -0.05) is 32.9 Å². The molecule has 26 heavy (non-hydrogen) atoms. The number of hydrogen-bond donors (Lipinski definition) is 2. The Balaban J connectivity index is 1.81. The molecule has 0 radical (unpaired) electrons. The highest BCUT2D eigenvalue weighted by molar-refractivity contribution is 5.95. The van der Waals surface area contributed by atoms with Crippen LogP contribution in [0.1, 0.15) is 42.3 Å². The minimum atomic E-state index is -0.492. The first-order chi connectivity index (χ1) is 12.3. The van der Waals surface area contributed by atoms with Crippen LogP contribution < -0.4 is 15.6 Å². The highest BCUT2D eigenvalue weighted by atomic mass is 16.5. The molecule has 0 aliphatic carbocycles. The van der Waals surface area contributed by atoms with Gasteiger partial charge < -0.3 is 4.74 Å². The number of benzene rings is 2. The fourth-order valence-electron chi connectivity index (χ4n) is 2.13. The van der Waals surface area contributed by atoms with Crippen LogP contribution in [0.5, 0.6) is 5.75 Å². The molecular weight excluding hydrogens is 330 g/mol. The van der Waals surface area contributed by atoms with E-state index in [0.717, 1.165) is 5.56 Å². The Hall–Kier alpha value is -3.33. The maximum absolute atomic E-state index is 12.1. The molecule has 0 aromatic heterocycles. The zero-order valence-electron chi connectivity index (χ0n) is 15.0. The molecule has 0 aliphatic heterocycles. The van der Waals surface area contributed by atoms with Crippen molar-refractivity contribution in [3.63, 3.8) is 0 Å². The first kappa shape index (κ1) is 19.0. The number of carbonyl (C=O) groups is 2. The molecule has 2 N–H and O–H groups in total. The van der Waals surface area contributed by atoms with Gasteiger partial charge in [0.1, 0.15) is 5.75 Å². The third-order valence-corrected chi connectivity index (χ3v) is 3.68. The summed E-state index contributed by atoms with van der Waals surface area (Å²) >= 11 is 0. The number of rotatable bonds is 4. The molecule has 0 atom stereocenters. The van der Waals surface area contributed by atoms with Crippen LogP contribution in [0.15, 0.2) is 48.5 Å². The molecule has 6 nitrogen and oxygen atoms in total. The second-order valence-electron chi connectivity index (χ2n) is 6.75. The zero-order valence-corrected chi connectivity index (χ0v) is 15.0. The molecule has 0 heterocycles. The van der Waals surface area contributed by atoms with Crippen molar-refractivity contribution < 1.29 is 14.3 Å². The smallest absolute Gasteiger partial charge is 0.276 e. The SMILES string of the molecule is CC(C)(C)c1ccc(C(=O)NNC(=O)COc2ccc(C#N)cc2)cc1. The number of hydrogen-bond acceptors (Lipinski definition) is 4. The Morgan fingerprint density at radius 2 is 1.62 bits per heavy atom. The summed E-state index contributed by atoms with van der Waals surface area (Å²) in [5, 5.41) is 8.72. The van der Waals surface area contributed by atoms with Crippen molar-refractivity contribution in [1.29, 1.82) is 5.26 Å². The maximum Gasteiger partial charge on any atom is 0.276 e. The van der Waals surface area contributed by atoms with Crippen molar-refractivity contribution in [2.45, 2.75) is 26.2 Å². The molecule has 0 saturated carbocycles. The van der Waals surface area contributed by atoms with E-state index in [0.29, 0.717) is 16.9 Å². The molecule has 0 saturated heterocycles. The van der Waals surface area contributed by atoms with Crippen LogP contribution in [0.25, 0.3) is 0 Å². The second kappa shape index (κ2) is 8.17. The lowest BCUT2D eigenvalue weighted by Gasteiger charge is -2.19. The number of nitriles is 1. The highest BCUT2D eigenvalue weighted by Gasteiger charge is 2.14. The first-order valence-electron chi connectivity index (χ1n) is 8.12. The maximum atomic E-state index is 12.1. The first-order valence-corrected chi connectivity index (χ1v) is 8.12. The van der Waals surface area contributed by atoms with E-state index < -0.39 is 11.8 Å². The average Bonchev–Trinajstić information content (AvgIpc) is 2.64. The van der Waals surface area contributed by atoms with Gasteiger partial charge in [-0.25, -0.2) is 0 Å². The minimum absolute atomic E-state index is 0.00596. The Morgan fingerprint density at radius 3 is 2.15 bits per heavy atom. The number of hydrazine groups is 1. The number of nitrogens with one attached hydrogen (secondary N) is 2. The van der Waals surface area contributed by atoms with Crippen LogP contribution >= 0.6 is 0 Å². The van der Waals surface area contributed by atoms with E-state index in [-0.39, 0.29) is 12.0 Å². The Morgan fingerprint density at radius 1 is 1.00 bits per heavy atom. The van der Waals surface area contributed by atoms with Crippen LogP contribution in [0.4, 0.5) is 0 Å². The monoisotopic (exact) mass is 351 g/mol. The minimum Gasteiger partial charge on any atom is -0.484 e. The van der Waals surface area contributed by atoms with E-state index in [1.54, 1.807) is 36.4 Å². The van der Waals surface area contributed by atoms with E-state index in [2.05, 4.69) is 31.6 Å². The summed E-state index contributed by atoms with van der Waals surface area (Å²) in [6.07, 6.45) is 0. The van der Waals surface area contributed by atoms with Gasteiger partial charge in [0.15, 0.2) is 6.61 Å². The largest absolute Gasteiger partial charge is 0.484 e. The van der Waals surface area contributed by atoms with E-state index >= 15 is 0 Å². The zero-order chi connectivity index (χ0) is 19.2. The third-order valence-electron chi connectivity index (χ3n) is 3.68. The highest BCUT2D eigenvalue weighted by Crippen LogP contribution is 2.22. The lowest BCUT2D eigenvalue weighted by Crippen LogP contribution is -2.43. The molecule has 0 bridgehead atoms. The predicted octanol–water partition coefficient (Wildman–Crippen LogP) is 2.70. The second-order valence-corrected chi connectivity index (χ2v) is 6.75. The van der Waals surface area contributed by atoms with E-state index in [1.165, 1.54) is 0 Å². The molecule has 0 spiro atoms. The molecule has 0 unspecified atom stereocenters. The summed E-state index contributed by atoms with van der Waals surface area (Å²) in [7, 11) is 0. The van der Waals surface area contributed by atoms with Crippen LogP contribution in [0.2, 0.25) is 0 Å². The van der Waals surface area contributed by atoms with Gasteiger partial charge in [-0.2, -0.15) is 5.26 Å². The van der Waals surface area contributed by atoms with Gasteiger partial charge >= 0.3 is 0 Å². The topological polar surface area (TPSA) is 91.2 Å². The third kappa shape index (κ3) is 5.35. The summed E-state index contributed by atoms with van der Waals surface area (Å²) in [6.45, 7) is 6.03. The van der Waals surface area contributed by atoms with E-state index in [1.807, 2.05) is 18.2 Å². The number of amides is 2. The van der Waals surface area contributed by atoms with Gasteiger partial charge in [0.2, 0.25) is 0 Å². The normalized spacial score (nSPS) is 10.5. The average molecular weight is 351 g/mol. The Bertz CT molecular complexity index is 813. The molecule has 0 fully saturated rings. The molecule has 6 heteroatoms. The summed E-state index contributed by atoms with van der Waals surface area (Å²) in [4.78, 5) is 23.8.